The fourth-order valence-corrected chi connectivity index (χ4v) is 3.01. The molecule has 2 amide bonds. The maximum Gasteiger partial charge on any atom is 0.255 e. The van der Waals surface area contributed by atoms with E-state index >= 15 is 0 Å². The molecular weight excluding hydrogens is 378 g/mol. The Morgan fingerprint density at radius 2 is 1.96 bits per heavy atom. The molecule has 1 heterocycles. The normalized spacial score (nSPS) is 10.6. The molecule has 28 heavy (non-hydrogen) atoms. The highest BCUT2D eigenvalue weighted by Gasteiger charge is 2.18. The standard InChI is InChI=1S/C21H20ClN3O3/c1-13-18(9-14-7-8-15(22)10-19(14)23-13)21(27)25(2)12-20(26)24-16-5-4-6-17(11-16)28-3/h4-11H,12H2,1-3H3,(H,24,26). The van der Waals surface area contributed by atoms with Crippen LogP contribution in [0.5, 0.6) is 5.75 Å². The molecule has 0 saturated carbocycles. The van der Waals surface area contributed by atoms with Gasteiger partial charge in [-0.25, -0.2) is 0 Å². The van der Waals surface area contributed by atoms with E-state index in [-0.39, 0.29) is 18.4 Å². The summed E-state index contributed by atoms with van der Waals surface area (Å²) < 4.78 is 5.14. The van der Waals surface area contributed by atoms with Crippen molar-refractivity contribution < 1.29 is 14.3 Å². The number of aryl methyl sites for hydroxylation is 1. The Hall–Kier alpha value is -3.12. The second-order valence-electron chi connectivity index (χ2n) is 6.40. The summed E-state index contributed by atoms with van der Waals surface area (Å²) in [5, 5.41) is 4.16. The largest absolute Gasteiger partial charge is 0.497 e. The zero-order valence-electron chi connectivity index (χ0n) is 15.8. The number of halogens is 1. The molecular formula is C21H20ClN3O3. The summed E-state index contributed by atoms with van der Waals surface area (Å²) in [4.78, 5) is 31.0. The number of anilines is 1. The number of benzene rings is 2. The van der Waals surface area contributed by atoms with E-state index in [2.05, 4.69) is 10.3 Å². The lowest BCUT2D eigenvalue weighted by Gasteiger charge is -2.18. The van der Waals surface area contributed by atoms with Gasteiger partial charge >= 0.3 is 0 Å². The van der Waals surface area contributed by atoms with Crippen LogP contribution in [0.1, 0.15) is 16.1 Å². The highest BCUT2D eigenvalue weighted by Crippen LogP contribution is 2.21. The third-order valence-corrected chi connectivity index (χ3v) is 4.52. The summed E-state index contributed by atoms with van der Waals surface area (Å²) in [6.07, 6.45) is 0. The Morgan fingerprint density at radius 1 is 1.18 bits per heavy atom. The first-order valence-corrected chi connectivity index (χ1v) is 9.01. The lowest BCUT2D eigenvalue weighted by Crippen LogP contribution is -2.35. The average molecular weight is 398 g/mol. The van der Waals surface area contributed by atoms with E-state index in [0.717, 1.165) is 10.9 Å². The number of hydrogen-bond acceptors (Lipinski definition) is 4. The van der Waals surface area contributed by atoms with Gasteiger partial charge in [-0.2, -0.15) is 0 Å². The summed E-state index contributed by atoms with van der Waals surface area (Å²) in [7, 11) is 3.14. The Morgan fingerprint density at radius 3 is 2.71 bits per heavy atom. The first kappa shape index (κ1) is 19.6. The van der Waals surface area contributed by atoms with Crippen molar-refractivity contribution in [1.82, 2.24) is 9.88 Å². The van der Waals surface area contributed by atoms with Crippen molar-refractivity contribution in [1.29, 1.82) is 0 Å². The fraction of sp³-hybridized carbons (Fsp3) is 0.190. The number of carbonyl (C=O) groups is 2. The van der Waals surface area contributed by atoms with Gasteiger partial charge in [0.05, 0.1) is 30.4 Å². The van der Waals surface area contributed by atoms with Crippen molar-refractivity contribution in [2.24, 2.45) is 0 Å². The predicted molar refractivity (Wildman–Crippen MR) is 110 cm³/mol. The molecule has 3 rings (SSSR count). The molecule has 1 N–H and O–H groups in total. The highest BCUT2D eigenvalue weighted by atomic mass is 35.5. The van der Waals surface area contributed by atoms with Crippen LogP contribution in [-0.4, -0.2) is 42.4 Å². The topological polar surface area (TPSA) is 71.5 Å². The van der Waals surface area contributed by atoms with E-state index in [1.165, 1.54) is 4.90 Å². The van der Waals surface area contributed by atoms with Crippen molar-refractivity contribution in [3.05, 3.63) is 64.8 Å². The van der Waals surface area contributed by atoms with Crippen molar-refractivity contribution >= 4 is 40.0 Å². The van der Waals surface area contributed by atoms with Gasteiger partial charge in [0.15, 0.2) is 0 Å². The number of nitrogens with zero attached hydrogens (tertiary/aromatic N) is 2. The Labute approximate surface area is 168 Å². The monoisotopic (exact) mass is 397 g/mol. The summed E-state index contributed by atoms with van der Waals surface area (Å²) in [5.41, 5.74) is 2.36. The van der Waals surface area contributed by atoms with E-state index < -0.39 is 0 Å². The molecule has 0 saturated heterocycles. The molecule has 6 nitrogen and oxygen atoms in total. The first-order chi connectivity index (χ1) is 13.4. The van der Waals surface area contributed by atoms with Crippen LogP contribution >= 0.6 is 11.6 Å². The van der Waals surface area contributed by atoms with Crippen LogP contribution in [-0.2, 0) is 4.79 Å². The number of pyridine rings is 1. The molecule has 0 fully saturated rings. The van der Waals surface area contributed by atoms with Crippen molar-refractivity contribution in [2.45, 2.75) is 6.92 Å². The van der Waals surface area contributed by atoms with Gasteiger partial charge in [0.1, 0.15) is 5.75 Å². The minimum absolute atomic E-state index is 0.0891. The van der Waals surface area contributed by atoms with Gasteiger partial charge in [0, 0.05) is 29.2 Å². The number of aromatic nitrogens is 1. The SMILES string of the molecule is COc1cccc(NC(=O)CN(C)C(=O)c2cc3ccc(Cl)cc3nc2C)c1. The molecule has 0 bridgehead atoms. The van der Waals surface area contributed by atoms with Crippen molar-refractivity contribution in [3.8, 4) is 5.75 Å². The third-order valence-electron chi connectivity index (χ3n) is 4.28. The highest BCUT2D eigenvalue weighted by molar-refractivity contribution is 6.31. The number of rotatable bonds is 5. The summed E-state index contributed by atoms with van der Waals surface area (Å²) in [5.74, 6) is 0.0603. The molecule has 0 unspecified atom stereocenters. The molecule has 0 aliphatic rings. The number of ether oxygens (including phenoxy) is 1. The zero-order chi connectivity index (χ0) is 20.3. The molecule has 3 aromatic rings. The van der Waals surface area contributed by atoms with E-state index in [1.54, 1.807) is 63.5 Å². The number of carbonyl (C=O) groups excluding carboxylic acids is 2. The smallest absolute Gasteiger partial charge is 0.255 e. The van der Waals surface area contributed by atoms with Gasteiger partial charge in [-0.05, 0) is 37.3 Å². The van der Waals surface area contributed by atoms with Crippen molar-refractivity contribution in [2.75, 3.05) is 26.0 Å². The molecule has 2 aromatic carbocycles. The number of methoxy groups -OCH3 is 1. The Bertz CT molecular complexity index is 1050. The lowest BCUT2D eigenvalue weighted by molar-refractivity contribution is -0.116. The van der Waals surface area contributed by atoms with Crippen molar-refractivity contribution in [3.63, 3.8) is 0 Å². The number of fused-ring (bicyclic) bond motifs is 1. The van der Waals surface area contributed by atoms with Crippen LogP contribution < -0.4 is 10.1 Å². The predicted octanol–water partition coefficient (Wildman–Crippen LogP) is 3.92. The summed E-state index contributed by atoms with van der Waals surface area (Å²) in [6, 6.07) is 14.1. The molecule has 0 aliphatic carbocycles. The Kier molecular flexibility index (Phi) is 5.80. The van der Waals surface area contributed by atoms with Gasteiger partial charge < -0.3 is 15.0 Å². The molecule has 144 valence electrons. The van der Waals surface area contributed by atoms with Gasteiger partial charge in [-0.3, -0.25) is 14.6 Å². The maximum absolute atomic E-state index is 12.8. The second kappa shape index (κ2) is 8.27. The van der Waals surface area contributed by atoms with Gasteiger partial charge in [0.2, 0.25) is 5.91 Å². The van der Waals surface area contributed by atoms with Crippen LogP contribution in [0.2, 0.25) is 5.02 Å². The number of amides is 2. The van der Waals surface area contributed by atoms with Crippen LogP contribution in [0, 0.1) is 6.92 Å². The molecule has 7 heteroatoms. The number of hydrogen-bond donors (Lipinski definition) is 1. The van der Waals surface area contributed by atoms with Gasteiger partial charge in [-0.15, -0.1) is 0 Å². The van der Waals surface area contributed by atoms with E-state index in [4.69, 9.17) is 16.3 Å². The fourth-order valence-electron chi connectivity index (χ4n) is 2.85. The minimum Gasteiger partial charge on any atom is -0.497 e. The average Bonchev–Trinajstić information content (AvgIpc) is 2.66. The van der Waals surface area contributed by atoms with Crippen LogP contribution in [0.25, 0.3) is 10.9 Å². The van der Waals surface area contributed by atoms with E-state index in [0.29, 0.717) is 27.7 Å². The first-order valence-electron chi connectivity index (χ1n) is 8.63. The lowest BCUT2D eigenvalue weighted by atomic mass is 10.1. The van der Waals surface area contributed by atoms with Crippen LogP contribution in [0.3, 0.4) is 0 Å². The van der Waals surface area contributed by atoms with Crippen LogP contribution in [0.4, 0.5) is 5.69 Å². The van der Waals surface area contributed by atoms with Crippen LogP contribution in [0.15, 0.2) is 48.5 Å². The van der Waals surface area contributed by atoms with Gasteiger partial charge in [-0.1, -0.05) is 23.7 Å². The number of nitrogens with one attached hydrogen (secondary N) is 1. The third kappa shape index (κ3) is 4.40. The summed E-state index contributed by atoms with van der Waals surface area (Å²) >= 11 is 6.00. The maximum atomic E-state index is 12.8. The quantitative estimate of drug-likeness (QED) is 0.708. The summed E-state index contributed by atoms with van der Waals surface area (Å²) in [6.45, 7) is 1.67. The second-order valence-corrected chi connectivity index (χ2v) is 6.84. The molecule has 0 atom stereocenters. The number of likely N-dealkylation sites (N-methyl/N-ethyl adjacent to an activating group) is 1. The minimum atomic E-state index is -0.303. The Balaban J connectivity index is 1.73. The van der Waals surface area contributed by atoms with E-state index in [1.807, 2.05) is 6.07 Å². The van der Waals surface area contributed by atoms with E-state index in [9.17, 15) is 9.59 Å². The molecule has 1 aromatic heterocycles. The molecule has 0 radical (unpaired) electrons. The molecule has 0 aliphatic heterocycles. The van der Waals surface area contributed by atoms with Gasteiger partial charge in [0.25, 0.3) is 5.91 Å². The molecule has 0 spiro atoms. The zero-order valence-corrected chi connectivity index (χ0v) is 16.6.